The number of para-hydroxylation sites is 1. The van der Waals surface area contributed by atoms with Crippen LogP contribution in [-0.2, 0) is 6.54 Å². The predicted octanol–water partition coefficient (Wildman–Crippen LogP) is 3.45. The lowest BCUT2D eigenvalue weighted by molar-refractivity contribution is 0.0731. The summed E-state index contributed by atoms with van der Waals surface area (Å²) < 4.78 is 5.57. The maximum Gasteiger partial charge on any atom is 0.345 e. The predicted molar refractivity (Wildman–Crippen MR) is 74.6 cm³/mol. The van der Waals surface area contributed by atoms with Gasteiger partial charge in [0.2, 0.25) is 0 Å². The third-order valence-corrected chi connectivity index (χ3v) is 3.31. The second kappa shape index (κ2) is 4.43. The molecule has 0 aromatic heterocycles. The summed E-state index contributed by atoms with van der Waals surface area (Å²) in [7, 11) is 0. The topological polar surface area (TPSA) is 38.3 Å². The maximum absolute atomic E-state index is 12.2. The number of benzene rings is 2. The maximum atomic E-state index is 12.2. The van der Waals surface area contributed by atoms with E-state index in [1.54, 1.807) is 6.07 Å². The van der Waals surface area contributed by atoms with Gasteiger partial charge in [0.25, 0.3) is 0 Å². The highest BCUT2D eigenvalue weighted by molar-refractivity contribution is 5.97. The summed E-state index contributed by atoms with van der Waals surface area (Å²) in [6.07, 6.45) is 0. The lowest BCUT2D eigenvalue weighted by atomic mass is 10.0. The fraction of sp³-hybridized carbons (Fsp3) is 0.188. The van der Waals surface area contributed by atoms with E-state index in [2.05, 4.69) is 11.4 Å². The Morgan fingerprint density at radius 3 is 2.79 bits per heavy atom. The number of ether oxygens (including phenoxy) is 1. The highest BCUT2D eigenvalue weighted by Crippen LogP contribution is 2.30. The summed E-state index contributed by atoms with van der Waals surface area (Å²) in [5.74, 6) is 0.369. The van der Waals surface area contributed by atoms with E-state index >= 15 is 0 Å². The minimum Gasteiger partial charge on any atom is -0.422 e. The molecule has 0 bridgehead atoms. The van der Waals surface area contributed by atoms with E-state index in [0.29, 0.717) is 17.9 Å². The van der Waals surface area contributed by atoms with Gasteiger partial charge < -0.3 is 10.1 Å². The minimum atomic E-state index is -0.309. The van der Waals surface area contributed by atoms with Crippen molar-refractivity contribution in [1.29, 1.82) is 0 Å². The van der Waals surface area contributed by atoms with Crippen molar-refractivity contribution in [1.82, 2.24) is 0 Å². The SMILES string of the molecule is Cc1cc(C)c2c(c1)CNc1ccccc1C(=O)O2. The smallest absolute Gasteiger partial charge is 0.345 e. The first kappa shape index (κ1) is 11.8. The number of esters is 1. The molecule has 0 unspecified atom stereocenters. The van der Waals surface area contributed by atoms with Gasteiger partial charge in [-0.05, 0) is 31.5 Å². The van der Waals surface area contributed by atoms with Crippen molar-refractivity contribution in [2.45, 2.75) is 20.4 Å². The van der Waals surface area contributed by atoms with Crippen LogP contribution < -0.4 is 10.1 Å². The molecule has 1 heterocycles. The quantitative estimate of drug-likeness (QED) is 0.577. The molecule has 1 aliphatic rings. The molecule has 0 saturated heterocycles. The fourth-order valence-electron chi connectivity index (χ4n) is 2.47. The van der Waals surface area contributed by atoms with E-state index < -0.39 is 0 Å². The number of anilines is 1. The Kier molecular flexibility index (Phi) is 2.75. The van der Waals surface area contributed by atoms with Crippen LogP contribution in [0.5, 0.6) is 5.75 Å². The highest BCUT2D eigenvalue weighted by Gasteiger charge is 2.20. The molecule has 1 aliphatic heterocycles. The molecule has 2 aromatic rings. The van der Waals surface area contributed by atoms with Crippen molar-refractivity contribution in [3.05, 3.63) is 58.7 Å². The summed E-state index contributed by atoms with van der Waals surface area (Å²) in [5, 5.41) is 3.31. The van der Waals surface area contributed by atoms with Crippen LogP contribution in [0.3, 0.4) is 0 Å². The fourth-order valence-corrected chi connectivity index (χ4v) is 2.47. The first-order chi connectivity index (χ1) is 9.15. The van der Waals surface area contributed by atoms with E-state index in [4.69, 9.17) is 4.74 Å². The van der Waals surface area contributed by atoms with Crippen molar-refractivity contribution in [2.24, 2.45) is 0 Å². The number of carbonyl (C=O) groups is 1. The molecule has 1 N–H and O–H groups in total. The van der Waals surface area contributed by atoms with Gasteiger partial charge in [0.15, 0.2) is 0 Å². The second-order valence-electron chi connectivity index (χ2n) is 4.86. The standard InChI is InChI=1S/C16H15NO2/c1-10-7-11(2)15-12(8-10)9-17-14-6-4-3-5-13(14)16(18)19-15/h3-8,17H,9H2,1-2H3. The lowest BCUT2D eigenvalue weighted by Gasteiger charge is -2.20. The summed E-state index contributed by atoms with van der Waals surface area (Å²) in [6.45, 7) is 4.66. The number of aryl methyl sites for hydroxylation is 2. The van der Waals surface area contributed by atoms with Crippen LogP contribution in [-0.4, -0.2) is 5.97 Å². The van der Waals surface area contributed by atoms with Gasteiger partial charge in [0.05, 0.1) is 5.56 Å². The molecule has 0 atom stereocenters. The molecular formula is C16H15NO2. The van der Waals surface area contributed by atoms with Crippen LogP contribution in [0.1, 0.15) is 27.0 Å². The molecule has 0 amide bonds. The molecule has 0 radical (unpaired) electrons. The first-order valence-corrected chi connectivity index (χ1v) is 6.30. The van der Waals surface area contributed by atoms with Gasteiger partial charge in [-0.3, -0.25) is 0 Å². The molecule has 0 spiro atoms. The van der Waals surface area contributed by atoms with Crippen molar-refractivity contribution < 1.29 is 9.53 Å². The molecule has 0 saturated carbocycles. The molecule has 3 nitrogen and oxygen atoms in total. The van der Waals surface area contributed by atoms with Gasteiger partial charge in [0.1, 0.15) is 5.75 Å². The molecule has 3 rings (SSSR count). The number of hydrogen-bond donors (Lipinski definition) is 1. The van der Waals surface area contributed by atoms with Gasteiger partial charge in [-0.2, -0.15) is 0 Å². The lowest BCUT2D eigenvalue weighted by Crippen LogP contribution is -2.17. The Balaban J connectivity index is 2.10. The van der Waals surface area contributed by atoms with Crippen LogP contribution in [0.25, 0.3) is 0 Å². The zero-order valence-electron chi connectivity index (χ0n) is 11.0. The van der Waals surface area contributed by atoms with E-state index in [1.807, 2.05) is 38.1 Å². The second-order valence-corrected chi connectivity index (χ2v) is 4.86. The average Bonchev–Trinajstić information content (AvgIpc) is 2.38. The monoisotopic (exact) mass is 253 g/mol. The van der Waals surface area contributed by atoms with E-state index in [0.717, 1.165) is 16.8 Å². The molecule has 0 aliphatic carbocycles. The third kappa shape index (κ3) is 2.08. The van der Waals surface area contributed by atoms with Crippen LogP contribution in [0, 0.1) is 13.8 Å². The average molecular weight is 253 g/mol. The van der Waals surface area contributed by atoms with Gasteiger partial charge in [-0.25, -0.2) is 4.79 Å². The normalized spacial score (nSPS) is 13.5. The van der Waals surface area contributed by atoms with Crippen molar-refractivity contribution in [3.63, 3.8) is 0 Å². The molecule has 3 heteroatoms. The third-order valence-electron chi connectivity index (χ3n) is 3.31. The number of nitrogens with one attached hydrogen (secondary N) is 1. The van der Waals surface area contributed by atoms with Crippen LogP contribution in [0.4, 0.5) is 5.69 Å². The Hall–Kier alpha value is -2.29. The van der Waals surface area contributed by atoms with Gasteiger partial charge in [0, 0.05) is 17.8 Å². The van der Waals surface area contributed by atoms with Crippen LogP contribution >= 0.6 is 0 Å². The van der Waals surface area contributed by atoms with E-state index in [-0.39, 0.29) is 5.97 Å². The van der Waals surface area contributed by atoms with Crippen LogP contribution in [0.15, 0.2) is 36.4 Å². The van der Waals surface area contributed by atoms with E-state index in [1.165, 1.54) is 5.56 Å². The summed E-state index contributed by atoms with van der Waals surface area (Å²) in [4.78, 5) is 12.2. The Labute approximate surface area is 112 Å². The van der Waals surface area contributed by atoms with E-state index in [9.17, 15) is 4.79 Å². The number of carbonyl (C=O) groups excluding carboxylic acids is 1. The Morgan fingerprint density at radius 1 is 1.16 bits per heavy atom. The molecular weight excluding hydrogens is 238 g/mol. The minimum absolute atomic E-state index is 0.309. The number of fused-ring (bicyclic) bond motifs is 2. The largest absolute Gasteiger partial charge is 0.422 e. The summed E-state index contributed by atoms with van der Waals surface area (Å²) >= 11 is 0. The number of rotatable bonds is 0. The van der Waals surface area contributed by atoms with Crippen molar-refractivity contribution in [3.8, 4) is 5.75 Å². The zero-order valence-corrected chi connectivity index (χ0v) is 11.0. The van der Waals surface area contributed by atoms with Gasteiger partial charge in [-0.15, -0.1) is 0 Å². The van der Waals surface area contributed by atoms with Gasteiger partial charge >= 0.3 is 5.97 Å². The molecule has 0 fully saturated rings. The first-order valence-electron chi connectivity index (χ1n) is 6.30. The van der Waals surface area contributed by atoms with Crippen molar-refractivity contribution >= 4 is 11.7 Å². The Bertz CT molecular complexity index is 662. The van der Waals surface area contributed by atoms with Gasteiger partial charge in [-0.1, -0.05) is 29.8 Å². The van der Waals surface area contributed by atoms with Crippen molar-refractivity contribution in [2.75, 3.05) is 5.32 Å². The summed E-state index contributed by atoms with van der Waals surface area (Å²) in [5.41, 5.74) is 4.57. The molecule has 96 valence electrons. The zero-order chi connectivity index (χ0) is 13.4. The van der Waals surface area contributed by atoms with Crippen LogP contribution in [0.2, 0.25) is 0 Å². The molecule has 2 aromatic carbocycles. The molecule has 19 heavy (non-hydrogen) atoms. The number of hydrogen-bond acceptors (Lipinski definition) is 3. The summed E-state index contributed by atoms with van der Waals surface area (Å²) in [6, 6.07) is 11.5. The highest BCUT2D eigenvalue weighted by atomic mass is 16.5. The Morgan fingerprint density at radius 2 is 1.95 bits per heavy atom.